The summed E-state index contributed by atoms with van der Waals surface area (Å²) in [6.45, 7) is 11.8. The molecule has 0 saturated heterocycles. The van der Waals surface area contributed by atoms with Crippen molar-refractivity contribution >= 4 is 0 Å². The van der Waals surface area contributed by atoms with E-state index in [9.17, 15) is 0 Å². The lowest BCUT2D eigenvalue weighted by Crippen LogP contribution is -2.18. The first-order chi connectivity index (χ1) is 7.03. The van der Waals surface area contributed by atoms with E-state index in [1.54, 1.807) is 5.57 Å². The molecule has 2 unspecified atom stereocenters. The Morgan fingerprint density at radius 2 is 1.93 bits per heavy atom. The van der Waals surface area contributed by atoms with E-state index in [1.165, 1.54) is 25.7 Å². The fourth-order valence-electron chi connectivity index (χ4n) is 4.93. The first-order valence-electron chi connectivity index (χ1n) is 6.71. The Morgan fingerprint density at radius 3 is 2.67 bits per heavy atom. The van der Waals surface area contributed by atoms with Gasteiger partial charge in [-0.2, -0.15) is 0 Å². The highest BCUT2D eigenvalue weighted by Crippen LogP contribution is 2.70. The Morgan fingerprint density at radius 1 is 1.20 bits per heavy atom. The van der Waals surface area contributed by atoms with E-state index < -0.39 is 0 Å². The van der Waals surface area contributed by atoms with Crippen LogP contribution in [0.2, 0.25) is 0 Å². The minimum Gasteiger partial charge on any atom is -0.0996 e. The zero-order valence-electron chi connectivity index (χ0n) is 10.4. The van der Waals surface area contributed by atoms with Gasteiger partial charge in [0.25, 0.3) is 0 Å². The van der Waals surface area contributed by atoms with Gasteiger partial charge in [0.2, 0.25) is 0 Å². The zero-order chi connectivity index (χ0) is 10.8. The van der Waals surface area contributed by atoms with Crippen LogP contribution in [0.4, 0.5) is 0 Å². The van der Waals surface area contributed by atoms with E-state index in [-0.39, 0.29) is 0 Å². The minimum absolute atomic E-state index is 0.655. The molecule has 0 N–H and O–H groups in total. The molecule has 5 atom stereocenters. The fourth-order valence-corrected chi connectivity index (χ4v) is 4.93. The summed E-state index contributed by atoms with van der Waals surface area (Å²) in [7, 11) is 0. The number of fused-ring (bicyclic) bond motifs is 3. The van der Waals surface area contributed by atoms with Gasteiger partial charge in [-0.05, 0) is 60.7 Å². The third-order valence-corrected chi connectivity index (χ3v) is 5.91. The summed E-state index contributed by atoms with van der Waals surface area (Å²) in [6, 6.07) is 0. The quantitative estimate of drug-likeness (QED) is 0.517. The van der Waals surface area contributed by atoms with E-state index in [1.807, 2.05) is 0 Å². The zero-order valence-corrected chi connectivity index (χ0v) is 10.4. The Labute approximate surface area is 94.1 Å². The highest BCUT2D eigenvalue weighted by Gasteiger charge is 2.64. The molecule has 3 aliphatic rings. The van der Waals surface area contributed by atoms with E-state index in [0.29, 0.717) is 5.41 Å². The summed E-state index contributed by atoms with van der Waals surface area (Å²) in [5.74, 6) is 4.87. The molecule has 0 nitrogen and oxygen atoms in total. The average Bonchev–Trinajstić information content (AvgIpc) is 2.55. The Balaban J connectivity index is 1.93. The number of allylic oxidation sites excluding steroid dienone is 1. The maximum Gasteiger partial charge on any atom is -0.0172 e. The van der Waals surface area contributed by atoms with Crippen molar-refractivity contribution < 1.29 is 0 Å². The van der Waals surface area contributed by atoms with Crippen molar-refractivity contribution in [2.24, 2.45) is 35.0 Å². The highest BCUT2D eigenvalue weighted by molar-refractivity contribution is 5.20. The number of rotatable bonds is 0. The predicted molar refractivity (Wildman–Crippen MR) is 64.5 cm³/mol. The third-order valence-electron chi connectivity index (χ3n) is 5.91. The number of hydrogen-bond donors (Lipinski definition) is 0. The van der Waals surface area contributed by atoms with Crippen LogP contribution in [0, 0.1) is 35.0 Å². The van der Waals surface area contributed by atoms with Crippen LogP contribution in [0.1, 0.15) is 46.5 Å². The Bertz CT molecular complexity index is 299. The lowest BCUT2D eigenvalue weighted by atomic mass is 9.80. The molecule has 3 rings (SSSR count). The molecule has 84 valence electrons. The van der Waals surface area contributed by atoms with Gasteiger partial charge in [-0.3, -0.25) is 0 Å². The van der Waals surface area contributed by atoms with Crippen molar-refractivity contribution in [3.05, 3.63) is 12.2 Å². The molecule has 0 radical (unpaired) electrons. The van der Waals surface area contributed by atoms with Crippen molar-refractivity contribution in [3.63, 3.8) is 0 Å². The van der Waals surface area contributed by atoms with Crippen LogP contribution in [0.25, 0.3) is 0 Å². The molecule has 0 spiro atoms. The summed E-state index contributed by atoms with van der Waals surface area (Å²) < 4.78 is 0. The lowest BCUT2D eigenvalue weighted by molar-refractivity contribution is 0.280. The van der Waals surface area contributed by atoms with Crippen LogP contribution >= 0.6 is 0 Å². The maximum absolute atomic E-state index is 4.35. The summed E-state index contributed by atoms with van der Waals surface area (Å²) in [4.78, 5) is 0. The topological polar surface area (TPSA) is 0 Å². The molecule has 0 amide bonds. The van der Waals surface area contributed by atoms with Gasteiger partial charge in [0.1, 0.15) is 0 Å². The molecule has 0 aliphatic heterocycles. The van der Waals surface area contributed by atoms with Crippen molar-refractivity contribution in [1.29, 1.82) is 0 Å². The summed E-state index contributed by atoms with van der Waals surface area (Å²) >= 11 is 0. The van der Waals surface area contributed by atoms with Gasteiger partial charge in [0.15, 0.2) is 0 Å². The maximum atomic E-state index is 4.35. The molecule has 0 heterocycles. The van der Waals surface area contributed by atoms with Gasteiger partial charge in [0, 0.05) is 0 Å². The summed E-state index contributed by atoms with van der Waals surface area (Å²) in [6.07, 6.45) is 5.63. The van der Waals surface area contributed by atoms with Gasteiger partial charge in [-0.15, -0.1) is 0 Å². The second kappa shape index (κ2) is 2.90. The molecular formula is C15H24. The molecular weight excluding hydrogens is 180 g/mol. The Hall–Kier alpha value is -0.260. The molecule has 0 bridgehead atoms. The van der Waals surface area contributed by atoms with Crippen LogP contribution in [-0.2, 0) is 0 Å². The third kappa shape index (κ3) is 1.20. The first kappa shape index (κ1) is 9.93. The monoisotopic (exact) mass is 204 g/mol. The molecule has 0 aromatic carbocycles. The van der Waals surface area contributed by atoms with Gasteiger partial charge in [-0.25, -0.2) is 0 Å². The molecule has 0 heteroatoms. The second-order valence-corrected chi connectivity index (χ2v) is 6.89. The van der Waals surface area contributed by atoms with Crippen LogP contribution in [0.3, 0.4) is 0 Å². The molecule has 3 aliphatic carbocycles. The van der Waals surface area contributed by atoms with Crippen molar-refractivity contribution in [1.82, 2.24) is 0 Å². The lowest BCUT2D eigenvalue weighted by Gasteiger charge is -2.25. The van der Waals surface area contributed by atoms with E-state index in [0.717, 1.165) is 29.6 Å². The van der Waals surface area contributed by atoms with E-state index in [2.05, 4.69) is 27.4 Å². The standard InChI is InChI=1S/C15H24/c1-9-6-8-12-14(15(12,3)4)13-10(2)5-7-11(9)13/h10-14H,1,5-8H2,2-4H3/t10-,11?,12+,13?,14+/m0/s1. The normalized spacial score (nSPS) is 51.9. The molecule has 3 fully saturated rings. The van der Waals surface area contributed by atoms with E-state index in [4.69, 9.17) is 0 Å². The van der Waals surface area contributed by atoms with E-state index >= 15 is 0 Å². The summed E-state index contributed by atoms with van der Waals surface area (Å²) in [5, 5.41) is 0. The smallest absolute Gasteiger partial charge is 0.0172 e. The minimum atomic E-state index is 0.655. The van der Waals surface area contributed by atoms with Crippen LogP contribution in [-0.4, -0.2) is 0 Å². The second-order valence-electron chi connectivity index (χ2n) is 6.89. The van der Waals surface area contributed by atoms with Crippen molar-refractivity contribution in [3.8, 4) is 0 Å². The summed E-state index contributed by atoms with van der Waals surface area (Å²) in [5.41, 5.74) is 2.25. The van der Waals surface area contributed by atoms with Crippen LogP contribution in [0.15, 0.2) is 12.2 Å². The van der Waals surface area contributed by atoms with Gasteiger partial charge in [-0.1, -0.05) is 32.9 Å². The first-order valence-corrected chi connectivity index (χ1v) is 6.71. The molecule has 3 saturated carbocycles. The predicted octanol–water partition coefficient (Wildman–Crippen LogP) is 4.27. The Kier molecular flexibility index (Phi) is 1.92. The fraction of sp³-hybridized carbons (Fsp3) is 0.867. The van der Waals surface area contributed by atoms with Gasteiger partial charge >= 0.3 is 0 Å². The van der Waals surface area contributed by atoms with Gasteiger partial charge < -0.3 is 0 Å². The van der Waals surface area contributed by atoms with Crippen LogP contribution in [0.5, 0.6) is 0 Å². The SMILES string of the molecule is C=C1CC[C@@H]2[C@H](C3C1CC[C@@H]3C)C2(C)C. The average molecular weight is 204 g/mol. The largest absolute Gasteiger partial charge is 0.0996 e. The highest BCUT2D eigenvalue weighted by atomic mass is 14.7. The van der Waals surface area contributed by atoms with Gasteiger partial charge in [0.05, 0.1) is 0 Å². The number of hydrogen-bond acceptors (Lipinski definition) is 0. The molecule has 15 heavy (non-hydrogen) atoms. The molecule has 0 aromatic heterocycles. The van der Waals surface area contributed by atoms with Crippen molar-refractivity contribution in [2.75, 3.05) is 0 Å². The molecule has 0 aromatic rings. The van der Waals surface area contributed by atoms with Crippen molar-refractivity contribution in [2.45, 2.75) is 46.5 Å². The van der Waals surface area contributed by atoms with Crippen LogP contribution < -0.4 is 0 Å².